The Labute approximate surface area is 104 Å². The molecule has 0 fully saturated rings. The SMILES string of the molecule is CCc1c(NN)ncnc1Sc1ccccn1. The van der Waals surface area contributed by atoms with Gasteiger partial charge in [0.15, 0.2) is 0 Å². The summed E-state index contributed by atoms with van der Waals surface area (Å²) in [6.07, 6.45) is 4.08. The van der Waals surface area contributed by atoms with Gasteiger partial charge in [-0.3, -0.25) is 0 Å². The van der Waals surface area contributed by atoms with Crippen molar-refractivity contribution >= 4 is 17.6 Å². The van der Waals surface area contributed by atoms with E-state index in [1.54, 1.807) is 6.20 Å². The smallest absolute Gasteiger partial charge is 0.147 e. The highest BCUT2D eigenvalue weighted by Crippen LogP contribution is 2.29. The maximum absolute atomic E-state index is 5.42. The average molecular weight is 247 g/mol. The normalized spacial score (nSPS) is 10.2. The first-order chi connectivity index (χ1) is 8.35. The summed E-state index contributed by atoms with van der Waals surface area (Å²) in [5, 5.41) is 1.79. The van der Waals surface area contributed by atoms with Gasteiger partial charge in [-0.05, 0) is 30.3 Å². The highest BCUT2D eigenvalue weighted by Gasteiger charge is 2.10. The molecule has 0 amide bonds. The second kappa shape index (κ2) is 5.60. The number of nitrogens with zero attached hydrogens (tertiary/aromatic N) is 3. The number of rotatable bonds is 4. The average Bonchev–Trinajstić information content (AvgIpc) is 2.39. The monoisotopic (exact) mass is 247 g/mol. The number of nitrogens with two attached hydrogens (primary N) is 1. The minimum Gasteiger partial charge on any atom is -0.308 e. The summed E-state index contributed by atoms with van der Waals surface area (Å²) in [4.78, 5) is 12.6. The van der Waals surface area contributed by atoms with E-state index < -0.39 is 0 Å². The van der Waals surface area contributed by atoms with E-state index in [1.807, 2.05) is 25.1 Å². The number of nitrogens with one attached hydrogen (secondary N) is 1. The van der Waals surface area contributed by atoms with Crippen LogP contribution >= 0.6 is 11.8 Å². The van der Waals surface area contributed by atoms with Crippen LogP contribution in [0.15, 0.2) is 40.8 Å². The van der Waals surface area contributed by atoms with Crippen LogP contribution in [0, 0.1) is 0 Å². The molecule has 0 aromatic carbocycles. The van der Waals surface area contributed by atoms with Gasteiger partial charge in [0, 0.05) is 11.8 Å². The maximum atomic E-state index is 5.42. The van der Waals surface area contributed by atoms with Crippen LogP contribution in [0.1, 0.15) is 12.5 Å². The van der Waals surface area contributed by atoms with Crippen molar-refractivity contribution in [3.8, 4) is 0 Å². The quantitative estimate of drug-likeness (QED) is 0.488. The predicted octanol–water partition coefficient (Wildman–Crippen LogP) is 1.87. The highest BCUT2D eigenvalue weighted by molar-refractivity contribution is 7.99. The first-order valence-corrected chi connectivity index (χ1v) is 6.06. The highest BCUT2D eigenvalue weighted by atomic mass is 32.2. The predicted molar refractivity (Wildman–Crippen MR) is 67.6 cm³/mol. The third-order valence-corrected chi connectivity index (χ3v) is 3.23. The molecule has 2 rings (SSSR count). The van der Waals surface area contributed by atoms with Crippen LogP contribution in [0.5, 0.6) is 0 Å². The van der Waals surface area contributed by atoms with E-state index in [4.69, 9.17) is 5.84 Å². The molecule has 0 radical (unpaired) electrons. The van der Waals surface area contributed by atoms with Gasteiger partial charge in [-0.25, -0.2) is 20.8 Å². The number of anilines is 1. The zero-order chi connectivity index (χ0) is 12.1. The van der Waals surface area contributed by atoms with Gasteiger partial charge < -0.3 is 5.43 Å². The Bertz CT molecular complexity index is 488. The van der Waals surface area contributed by atoms with Crippen molar-refractivity contribution in [2.24, 2.45) is 5.84 Å². The number of pyridine rings is 1. The maximum Gasteiger partial charge on any atom is 0.147 e. The summed E-state index contributed by atoms with van der Waals surface area (Å²) in [6.45, 7) is 2.04. The molecule has 3 N–H and O–H groups in total. The van der Waals surface area contributed by atoms with Crippen LogP contribution in [-0.2, 0) is 6.42 Å². The Morgan fingerprint density at radius 3 is 2.82 bits per heavy atom. The summed E-state index contributed by atoms with van der Waals surface area (Å²) in [7, 11) is 0. The fraction of sp³-hybridized carbons (Fsp3) is 0.182. The summed E-state index contributed by atoms with van der Waals surface area (Å²) in [5.74, 6) is 6.09. The van der Waals surface area contributed by atoms with E-state index >= 15 is 0 Å². The Morgan fingerprint density at radius 1 is 1.29 bits per heavy atom. The molecule has 0 aliphatic rings. The first-order valence-electron chi connectivity index (χ1n) is 5.24. The van der Waals surface area contributed by atoms with Crippen molar-refractivity contribution in [3.63, 3.8) is 0 Å². The lowest BCUT2D eigenvalue weighted by atomic mass is 10.2. The molecule has 2 aromatic heterocycles. The standard InChI is InChI=1S/C11H13N5S/c1-2-8-10(16-12)14-7-15-11(8)17-9-5-3-4-6-13-9/h3-7H,2,12H2,1H3,(H,14,15,16). The summed E-state index contributed by atoms with van der Waals surface area (Å²) in [6, 6.07) is 5.78. The second-order valence-corrected chi connectivity index (χ2v) is 4.28. The molecule has 0 unspecified atom stereocenters. The molecule has 88 valence electrons. The molecule has 0 spiro atoms. The van der Waals surface area contributed by atoms with Gasteiger partial charge in [-0.2, -0.15) is 0 Å². The molecule has 17 heavy (non-hydrogen) atoms. The Balaban J connectivity index is 2.33. The fourth-order valence-corrected chi connectivity index (χ4v) is 2.36. The number of aromatic nitrogens is 3. The van der Waals surface area contributed by atoms with Crippen LogP contribution in [0.4, 0.5) is 5.82 Å². The van der Waals surface area contributed by atoms with E-state index in [0.29, 0.717) is 5.82 Å². The van der Waals surface area contributed by atoms with E-state index in [9.17, 15) is 0 Å². The molecule has 5 nitrogen and oxygen atoms in total. The number of hydrogen-bond donors (Lipinski definition) is 2. The summed E-state index contributed by atoms with van der Waals surface area (Å²) >= 11 is 1.51. The van der Waals surface area contributed by atoms with E-state index in [1.165, 1.54) is 18.1 Å². The second-order valence-electron chi connectivity index (χ2n) is 3.27. The van der Waals surface area contributed by atoms with Crippen molar-refractivity contribution in [1.82, 2.24) is 15.0 Å². The summed E-state index contributed by atoms with van der Waals surface area (Å²) < 4.78 is 0. The minimum absolute atomic E-state index is 0.668. The Kier molecular flexibility index (Phi) is 3.89. The number of hydrazine groups is 1. The van der Waals surface area contributed by atoms with Crippen LogP contribution < -0.4 is 11.3 Å². The fourth-order valence-electron chi connectivity index (χ4n) is 1.43. The number of nitrogen functional groups attached to an aromatic ring is 1. The lowest BCUT2D eigenvalue weighted by Crippen LogP contribution is -2.12. The molecule has 0 saturated heterocycles. The van der Waals surface area contributed by atoms with Crippen LogP contribution in [0.2, 0.25) is 0 Å². The van der Waals surface area contributed by atoms with E-state index in [2.05, 4.69) is 20.4 Å². The first kappa shape index (κ1) is 11.8. The summed E-state index contributed by atoms with van der Waals surface area (Å²) in [5.41, 5.74) is 3.59. The van der Waals surface area contributed by atoms with Crippen LogP contribution in [0.3, 0.4) is 0 Å². The lowest BCUT2D eigenvalue weighted by molar-refractivity contribution is 0.938. The molecule has 2 aromatic rings. The van der Waals surface area contributed by atoms with Crippen molar-refractivity contribution in [2.45, 2.75) is 23.4 Å². The molecule has 0 atom stereocenters. The van der Waals surface area contributed by atoms with E-state index in [0.717, 1.165) is 22.0 Å². The van der Waals surface area contributed by atoms with Gasteiger partial charge in [0.2, 0.25) is 0 Å². The topological polar surface area (TPSA) is 76.7 Å². The molecule has 0 bridgehead atoms. The largest absolute Gasteiger partial charge is 0.308 e. The minimum atomic E-state index is 0.668. The van der Waals surface area contributed by atoms with Crippen LogP contribution in [0.25, 0.3) is 0 Å². The van der Waals surface area contributed by atoms with Crippen molar-refractivity contribution in [1.29, 1.82) is 0 Å². The zero-order valence-corrected chi connectivity index (χ0v) is 10.2. The molecule has 0 aliphatic heterocycles. The molecular formula is C11H13N5S. The van der Waals surface area contributed by atoms with Gasteiger partial charge in [0.1, 0.15) is 22.2 Å². The molecule has 0 saturated carbocycles. The van der Waals surface area contributed by atoms with Crippen molar-refractivity contribution < 1.29 is 0 Å². The molecule has 2 heterocycles. The molecular weight excluding hydrogens is 234 g/mol. The zero-order valence-electron chi connectivity index (χ0n) is 9.42. The van der Waals surface area contributed by atoms with Gasteiger partial charge in [0.05, 0.1) is 0 Å². The van der Waals surface area contributed by atoms with Gasteiger partial charge in [0.25, 0.3) is 0 Å². The van der Waals surface area contributed by atoms with Crippen molar-refractivity contribution in [3.05, 3.63) is 36.3 Å². The third kappa shape index (κ3) is 2.72. The van der Waals surface area contributed by atoms with E-state index in [-0.39, 0.29) is 0 Å². The van der Waals surface area contributed by atoms with Gasteiger partial charge >= 0.3 is 0 Å². The third-order valence-electron chi connectivity index (χ3n) is 2.24. The molecule has 0 aliphatic carbocycles. The lowest BCUT2D eigenvalue weighted by Gasteiger charge is -2.09. The van der Waals surface area contributed by atoms with Gasteiger partial charge in [-0.1, -0.05) is 13.0 Å². The Hall–Kier alpha value is -1.66. The van der Waals surface area contributed by atoms with Gasteiger partial charge in [-0.15, -0.1) is 0 Å². The number of hydrogen-bond acceptors (Lipinski definition) is 6. The Morgan fingerprint density at radius 2 is 2.18 bits per heavy atom. The van der Waals surface area contributed by atoms with Crippen LogP contribution in [-0.4, -0.2) is 15.0 Å². The molecule has 6 heteroatoms. The van der Waals surface area contributed by atoms with Crippen molar-refractivity contribution in [2.75, 3.05) is 5.43 Å².